The summed E-state index contributed by atoms with van der Waals surface area (Å²) in [5.74, 6) is 1.07. The Hall–Kier alpha value is -3.16. The molecule has 1 heterocycles. The number of hydrogen-bond acceptors (Lipinski definition) is 5. The van der Waals surface area contributed by atoms with Crippen LogP contribution in [0.1, 0.15) is 24.3 Å². The molecule has 0 aliphatic heterocycles. The molecule has 1 saturated carbocycles. The molecule has 1 fully saturated rings. The number of anilines is 3. The summed E-state index contributed by atoms with van der Waals surface area (Å²) in [4.78, 5) is 9.25. The van der Waals surface area contributed by atoms with Gasteiger partial charge in [0.1, 0.15) is 0 Å². The third-order valence-electron chi connectivity index (χ3n) is 5.12. The Morgan fingerprint density at radius 3 is 2.19 bits per heavy atom. The normalized spacial score (nSPS) is 13.8. The van der Waals surface area contributed by atoms with Crippen molar-refractivity contribution in [2.75, 3.05) is 10.0 Å². The Morgan fingerprint density at radius 2 is 1.52 bits per heavy atom. The maximum Gasteiger partial charge on any atom is 0.263 e. The van der Waals surface area contributed by atoms with E-state index in [1.54, 1.807) is 6.07 Å². The van der Waals surface area contributed by atoms with Gasteiger partial charge in [0.25, 0.3) is 10.0 Å². The van der Waals surface area contributed by atoms with Crippen LogP contribution in [-0.4, -0.2) is 18.4 Å². The Morgan fingerprint density at radius 1 is 0.839 bits per heavy atom. The van der Waals surface area contributed by atoms with Crippen LogP contribution >= 0.6 is 11.6 Å². The number of hydrogen-bond donors (Lipinski definition) is 2. The highest BCUT2D eigenvalue weighted by Crippen LogP contribution is 2.41. The first-order valence-corrected chi connectivity index (χ1v) is 11.8. The van der Waals surface area contributed by atoms with Crippen molar-refractivity contribution < 1.29 is 8.42 Å². The molecule has 156 valence electrons. The molecule has 3 aromatic carbocycles. The largest absolute Gasteiger partial charge is 0.337 e. The van der Waals surface area contributed by atoms with E-state index >= 15 is 0 Å². The second kappa shape index (κ2) is 7.83. The quantitative estimate of drug-likeness (QED) is 0.393. The van der Waals surface area contributed by atoms with E-state index in [0.717, 1.165) is 5.69 Å². The third kappa shape index (κ3) is 4.33. The van der Waals surface area contributed by atoms with Gasteiger partial charge in [-0.2, -0.15) is 0 Å². The van der Waals surface area contributed by atoms with E-state index in [0.29, 0.717) is 27.8 Å². The van der Waals surface area contributed by atoms with E-state index < -0.39 is 10.0 Å². The molecule has 0 amide bonds. The first-order valence-electron chi connectivity index (χ1n) is 9.90. The highest BCUT2D eigenvalue weighted by molar-refractivity contribution is 7.92. The zero-order valence-electron chi connectivity index (χ0n) is 16.4. The highest BCUT2D eigenvalue weighted by atomic mass is 35.5. The summed E-state index contributed by atoms with van der Waals surface area (Å²) in [5, 5.41) is 3.71. The van der Waals surface area contributed by atoms with Crippen molar-refractivity contribution in [2.45, 2.75) is 23.7 Å². The maximum absolute atomic E-state index is 13.0. The van der Waals surface area contributed by atoms with Gasteiger partial charge in [0.05, 0.1) is 15.9 Å². The minimum Gasteiger partial charge on any atom is -0.337 e. The average molecular weight is 451 g/mol. The summed E-state index contributed by atoms with van der Waals surface area (Å²) in [5.41, 5.74) is 3.36. The number of sulfonamides is 1. The lowest BCUT2D eigenvalue weighted by atomic mass is 10.1. The molecule has 1 aliphatic rings. The minimum atomic E-state index is -3.88. The van der Waals surface area contributed by atoms with Crippen LogP contribution in [0.4, 0.5) is 17.3 Å². The van der Waals surface area contributed by atoms with E-state index in [1.165, 1.54) is 42.7 Å². The molecule has 1 aliphatic carbocycles. The molecule has 1 aromatic heterocycles. The van der Waals surface area contributed by atoms with Crippen LogP contribution in [0.3, 0.4) is 0 Å². The number of para-hydroxylation sites is 2. The summed E-state index contributed by atoms with van der Waals surface area (Å²) in [6.45, 7) is 0. The predicted octanol–water partition coefficient (Wildman–Crippen LogP) is 5.71. The van der Waals surface area contributed by atoms with E-state index in [4.69, 9.17) is 11.6 Å². The topological polar surface area (TPSA) is 84.0 Å². The molecule has 0 bridgehead atoms. The van der Waals surface area contributed by atoms with E-state index in [2.05, 4.69) is 32.1 Å². The lowest BCUT2D eigenvalue weighted by Crippen LogP contribution is -2.16. The Balaban J connectivity index is 1.54. The fraction of sp³-hybridized carbons (Fsp3) is 0.130. The number of rotatable bonds is 6. The van der Waals surface area contributed by atoms with Crippen molar-refractivity contribution in [3.05, 3.63) is 83.4 Å². The van der Waals surface area contributed by atoms with Gasteiger partial charge < -0.3 is 5.32 Å². The van der Waals surface area contributed by atoms with Crippen LogP contribution < -0.4 is 10.0 Å². The molecule has 0 saturated heterocycles. The second-order valence-corrected chi connectivity index (χ2v) is 9.61. The van der Waals surface area contributed by atoms with Crippen molar-refractivity contribution >= 4 is 50.0 Å². The van der Waals surface area contributed by atoms with Crippen LogP contribution in [0.25, 0.3) is 11.0 Å². The summed E-state index contributed by atoms with van der Waals surface area (Å²) < 4.78 is 28.5. The third-order valence-corrected chi connectivity index (χ3v) is 6.73. The molecule has 0 unspecified atom stereocenters. The summed E-state index contributed by atoms with van der Waals surface area (Å²) >= 11 is 5.89. The summed E-state index contributed by atoms with van der Waals surface area (Å²) in [6, 6.07) is 21.4. The number of halogens is 1. The monoisotopic (exact) mass is 450 g/mol. The van der Waals surface area contributed by atoms with Crippen molar-refractivity contribution in [1.82, 2.24) is 9.97 Å². The molecule has 0 atom stereocenters. The predicted molar refractivity (Wildman–Crippen MR) is 123 cm³/mol. The fourth-order valence-corrected chi connectivity index (χ4v) is 4.52. The SMILES string of the molecule is O=S(=O)(Nc1nc2ccccc2nc1Nc1cccc(C2CC2)c1)c1ccc(Cl)cc1. The fourth-order valence-electron chi connectivity index (χ4n) is 3.38. The highest BCUT2D eigenvalue weighted by Gasteiger charge is 2.24. The van der Waals surface area contributed by atoms with Gasteiger partial charge in [-0.1, -0.05) is 35.9 Å². The molecule has 0 spiro atoms. The molecule has 8 heteroatoms. The van der Waals surface area contributed by atoms with Gasteiger partial charge in [0.15, 0.2) is 11.6 Å². The van der Waals surface area contributed by atoms with Gasteiger partial charge in [0, 0.05) is 10.7 Å². The average Bonchev–Trinajstić information content (AvgIpc) is 3.60. The minimum absolute atomic E-state index is 0.0912. The standard InChI is InChI=1S/C23H19ClN4O2S/c24-17-10-12-19(13-11-17)31(29,30)28-23-22(26-20-6-1-2-7-21(20)27-23)25-18-5-3-4-16(14-18)15-8-9-15/h1-7,10-15H,8-9H2,(H,25,26)(H,27,28). The van der Waals surface area contributed by atoms with Gasteiger partial charge in [-0.15, -0.1) is 0 Å². The number of nitrogens with one attached hydrogen (secondary N) is 2. The molecular formula is C23H19ClN4O2S. The Bertz CT molecular complexity index is 1370. The molecular weight excluding hydrogens is 432 g/mol. The number of benzene rings is 3. The molecule has 0 radical (unpaired) electrons. The second-order valence-electron chi connectivity index (χ2n) is 7.49. The summed E-state index contributed by atoms with van der Waals surface area (Å²) in [7, 11) is -3.88. The van der Waals surface area contributed by atoms with Gasteiger partial charge in [-0.3, -0.25) is 4.72 Å². The maximum atomic E-state index is 13.0. The van der Waals surface area contributed by atoms with Crippen LogP contribution in [0.5, 0.6) is 0 Å². The lowest BCUT2D eigenvalue weighted by molar-refractivity contribution is 0.601. The van der Waals surface area contributed by atoms with Crippen LogP contribution in [0.2, 0.25) is 5.02 Å². The Labute approximate surface area is 185 Å². The molecule has 2 N–H and O–H groups in total. The lowest BCUT2D eigenvalue weighted by Gasteiger charge is -2.14. The van der Waals surface area contributed by atoms with Crippen molar-refractivity contribution in [3.63, 3.8) is 0 Å². The summed E-state index contributed by atoms with van der Waals surface area (Å²) in [6.07, 6.45) is 2.40. The number of nitrogens with zero attached hydrogens (tertiary/aromatic N) is 2. The van der Waals surface area contributed by atoms with Gasteiger partial charge in [-0.05, 0) is 72.9 Å². The van der Waals surface area contributed by atoms with Crippen LogP contribution in [-0.2, 0) is 10.0 Å². The van der Waals surface area contributed by atoms with Gasteiger partial charge >= 0.3 is 0 Å². The van der Waals surface area contributed by atoms with Gasteiger partial charge in [0.2, 0.25) is 0 Å². The van der Waals surface area contributed by atoms with E-state index in [1.807, 2.05) is 30.3 Å². The zero-order chi connectivity index (χ0) is 21.4. The first-order chi connectivity index (χ1) is 15.0. The van der Waals surface area contributed by atoms with Gasteiger partial charge in [-0.25, -0.2) is 18.4 Å². The first kappa shape index (κ1) is 19.8. The molecule has 31 heavy (non-hydrogen) atoms. The van der Waals surface area contributed by atoms with Crippen LogP contribution in [0, 0.1) is 0 Å². The smallest absolute Gasteiger partial charge is 0.263 e. The molecule has 5 rings (SSSR count). The number of fused-ring (bicyclic) bond motifs is 1. The van der Waals surface area contributed by atoms with Crippen LogP contribution in [0.15, 0.2) is 77.7 Å². The van der Waals surface area contributed by atoms with Crippen molar-refractivity contribution in [2.24, 2.45) is 0 Å². The number of aromatic nitrogens is 2. The van der Waals surface area contributed by atoms with E-state index in [-0.39, 0.29) is 10.7 Å². The van der Waals surface area contributed by atoms with E-state index in [9.17, 15) is 8.42 Å². The Kier molecular flexibility index (Phi) is 5.00. The molecule has 6 nitrogen and oxygen atoms in total. The van der Waals surface area contributed by atoms with Crippen molar-refractivity contribution in [3.8, 4) is 0 Å². The molecule has 4 aromatic rings. The zero-order valence-corrected chi connectivity index (χ0v) is 18.0. The van der Waals surface area contributed by atoms with Crippen molar-refractivity contribution in [1.29, 1.82) is 0 Å².